The topological polar surface area (TPSA) is 17.1 Å². The number of unbranched alkanes of at least 4 members (excludes halogenated alkanes) is 5. The predicted molar refractivity (Wildman–Crippen MR) is 133 cm³/mol. The largest absolute Gasteiger partial charge is 0.296 e. The Morgan fingerprint density at radius 3 is 1.43 bits per heavy atom. The molecular formula is C28H34OP+. The summed E-state index contributed by atoms with van der Waals surface area (Å²) >= 11 is 0. The molecule has 156 valence electrons. The molecule has 0 unspecified atom stereocenters. The minimum atomic E-state index is -2.03. The SMILES string of the molecule is CCCCCCCCC(=O)C[P+](c1ccccc1)(c1ccccc1)c1ccccc1. The second kappa shape index (κ2) is 11.8. The van der Waals surface area contributed by atoms with Crippen LogP contribution in [0.2, 0.25) is 0 Å². The average Bonchev–Trinajstić information content (AvgIpc) is 2.81. The molecule has 0 atom stereocenters. The van der Waals surface area contributed by atoms with Crippen LogP contribution < -0.4 is 15.9 Å². The Hall–Kier alpha value is -2.24. The van der Waals surface area contributed by atoms with E-state index in [0.29, 0.717) is 18.4 Å². The number of carbonyl (C=O) groups excluding carboxylic acids is 1. The van der Waals surface area contributed by atoms with Crippen molar-refractivity contribution in [2.24, 2.45) is 0 Å². The predicted octanol–water partition coefficient (Wildman–Crippen LogP) is 6.30. The molecule has 0 aliphatic carbocycles. The minimum Gasteiger partial charge on any atom is -0.296 e. The molecule has 0 saturated carbocycles. The number of benzene rings is 3. The zero-order chi connectivity index (χ0) is 21.1. The fourth-order valence-corrected chi connectivity index (χ4v) is 8.39. The van der Waals surface area contributed by atoms with E-state index in [-0.39, 0.29) is 0 Å². The van der Waals surface area contributed by atoms with Gasteiger partial charge in [-0.25, -0.2) is 0 Å². The van der Waals surface area contributed by atoms with Gasteiger partial charge >= 0.3 is 0 Å². The van der Waals surface area contributed by atoms with Crippen LogP contribution in [-0.4, -0.2) is 11.9 Å². The van der Waals surface area contributed by atoms with E-state index in [1.165, 1.54) is 48.0 Å². The van der Waals surface area contributed by atoms with Gasteiger partial charge in [0.05, 0.1) is 0 Å². The fourth-order valence-electron chi connectivity index (χ4n) is 4.21. The summed E-state index contributed by atoms with van der Waals surface area (Å²) < 4.78 is 0. The van der Waals surface area contributed by atoms with Crippen molar-refractivity contribution in [3.63, 3.8) is 0 Å². The van der Waals surface area contributed by atoms with E-state index in [1.807, 2.05) is 0 Å². The molecule has 0 spiro atoms. The maximum absolute atomic E-state index is 13.3. The van der Waals surface area contributed by atoms with E-state index in [9.17, 15) is 4.79 Å². The first kappa shape index (κ1) is 22.4. The van der Waals surface area contributed by atoms with Crippen LogP contribution in [0.3, 0.4) is 0 Å². The molecule has 0 radical (unpaired) electrons. The molecular weight excluding hydrogens is 383 g/mol. The zero-order valence-electron chi connectivity index (χ0n) is 18.2. The fraction of sp³-hybridized carbons (Fsp3) is 0.321. The molecule has 2 heteroatoms. The molecule has 3 aromatic carbocycles. The van der Waals surface area contributed by atoms with Crippen molar-refractivity contribution in [2.75, 3.05) is 6.16 Å². The Balaban J connectivity index is 1.91. The monoisotopic (exact) mass is 417 g/mol. The highest BCUT2D eigenvalue weighted by molar-refractivity contribution is 7.96. The lowest BCUT2D eigenvalue weighted by atomic mass is 10.1. The molecule has 0 aliphatic heterocycles. The average molecular weight is 418 g/mol. The van der Waals surface area contributed by atoms with E-state index < -0.39 is 7.26 Å². The van der Waals surface area contributed by atoms with Gasteiger partial charge in [0.1, 0.15) is 29.3 Å². The second-order valence-corrected chi connectivity index (χ2v) is 11.5. The highest BCUT2D eigenvalue weighted by Gasteiger charge is 2.46. The van der Waals surface area contributed by atoms with Gasteiger partial charge < -0.3 is 0 Å². The minimum absolute atomic E-state index is 0.399. The zero-order valence-corrected chi connectivity index (χ0v) is 19.1. The van der Waals surface area contributed by atoms with Crippen LogP contribution in [-0.2, 0) is 4.79 Å². The highest BCUT2D eigenvalue weighted by atomic mass is 31.2. The van der Waals surface area contributed by atoms with Crippen LogP contribution in [0.5, 0.6) is 0 Å². The Labute approximate surface area is 182 Å². The standard InChI is InChI=1S/C28H34OP/c1-2-3-4-5-6-10-17-25(29)24-30(26-18-11-7-12-19-26,27-20-13-8-14-21-27)28-22-15-9-16-23-28/h7-9,11-16,18-23H,2-6,10,17,24H2,1H3/q+1. The van der Waals surface area contributed by atoms with Crippen LogP contribution in [0, 0.1) is 0 Å². The van der Waals surface area contributed by atoms with Crippen molar-refractivity contribution in [3.05, 3.63) is 91.0 Å². The lowest BCUT2D eigenvalue weighted by molar-refractivity contribution is -0.116. The van der Waals surface area contributed by atoms with Gasteiger partial charge in [-0.3, -0.25) is 4.79 Å². The number of hydrogen-bond acceptors (Lipinski definition) is 1. The Morgan fingerprint density at radius 1 is 0.600 bits per heavy atom. The molecule has 3 aromatic rings. The van der Waals surface area contributed by atoms with Gasteiger partial charge in [-0.15, -0.1) is 0 Å². The van der Waals surface area contributed by atoms with Crippen molar-refractivity contribution in [3.8, 4) is 0 Å². The van der Waals surface area contributed by atoms with Gasteiger partial charge in [-0.05, 0) is 42.8 Å². The van der Waals surface area contributed by atoms with Crippen molar-refractivity contribution in [2.45, 2.75) is 51.9 Å². The molecule has 0 saturated heterocycles. The van der Waals surface area contributed by atoms with Crippen LogP contribution in [0.25, 0.3) is 0 Å². The van der Waals surface area contributed by atoms with E-state index in [1.54, 1.807) is 0 Å². The summed E-state index contributed by atoms with van der Waals surface area (Å²) in [6.45, 7) is 2.24. The van der Waals surface area contributed by atoms with Gasteiger partial charge in [0.15, 0.2) is 5.78 Å². The summed E-state index contributed by atoms with van der Waals surface area (Å²) in [4.78, 5) is 13.3. The third kappa shape index (κ3) is 5.67. The summed E-state index contributed by atoms with van der Waals surface area (Å²) in [7, 11) is -2.03. The Kier molecular flexibility index (Phi) is 8.84. The van der Waals surface area contributed by atoms with E-state index >= 15 is 0 Å². The summed E-state index contributed by atoms with van der Waals surface area (Å²) in [5.41, 5.74) is 0. The van der Waals surface area contributed by atoms with E-state index in [2.05, 4.69) is 97.9 Å². The number of Topliss-reactive ketones (excluding diaryl/α,β-unsaturated/α-hetero) is 1. The van der Waals surface area contributed by atoms with E-state index in [4.69, 9.17) is 0 Å². The molecule has 0 N–H and O–H groups in total. The first-order chi connectivity index (χ1) is 14.8. The lowest BCUT2D eigenvalue weighted by Crippen LogP contribution is -2.35. The van der Waals surface area contributed by atoms with Crippen LogP contribution >= 0.6 is 7.26 Å². The molecule has 0 aliphatic rings. The Morgan fingerprint density at radius 2 is 1.00 bits per heavy atom. The molecule has 0 heterocycles. The quantitative estimate of drug-likeness (QED) is 0.250. The van der Waals surface area contributed by atoms with Gasteiger partial charge in [0, 0.05) is 6.42 Å². The lowest BCUT2D eigenvalue weighted by Gasteiger charge is -2.27. The molecule has 30 heavy (non-hydrogen) atoms. The highest BCUT2D eigenvalue weighted by Crippen LogP contribution is 2.55. The maximum Gasteiger partial charge on any atom is 0.171 e. The normalized spacial score (nSPS) is 11.4. The van der Waals surface area contributed by atoms with Crippen LogP contribution in [0.4, 0.5) is 0 Å². The van der Waals surface area contributed by atoms with Crippen molar-refractivity contribution in [1.29, 1.82) is 0 Å². The summed E-state index contributed by atoms with van der Waals surface area (Å²) in [6, 6.07) is 32.1. The van der Waals surface area contributed by atoms with Crippen molar-refractivity contribution in [1.82, 2.24) is 0 Å². The number of hydrogen-bond donors (Lipinski definition) is 0. The third-order valence-corrected chi connectivity index (χ3v) is 10.2. The summed E-state index contributed by atoms with van der Waals surface area (Å²) in [5.74, 6) is 0.399. The maximum atomic E-state index is 13.3. The van der Waals surface area contributed by atoms with Gasteiger partial charge in [0.2, 0.25) is 0 Å². The number of ketones is 1. The molecule has 0 bridgehead atoms. The molecule has 1 nitrogen and oxygen atoms in total. The molecule has 0 amide bonds. The molecule has 3 rings (SSSR count). The smallest absolute Gasteiger partial charge is 0.171 e. The molecule has 0 fully saturated rings. The van der Waals surface area contributed by atoms with Gasteiger partial charge in [-0.2, -0.15) is 0 Å². The first-order valence-corrected chi connectivity index (χ1v) is 13.3. The van der Waals surface area contributed by atoms with Crippen molar-refractivity contribution >= 4 is 29.0 Å². The van der Waals surface area contributed by atoms with Gasteiger partial charge in [0.25, 0.3) is 0 Å². The first-order valence-electron chi connectivity index (χ1n) is 11.3. The molecule has 0 aromatic heterocycles. The third-order valence-electron chi connectivity index (χ3n) is 5.81. The summed E-state index contributed by atoms with van der Waals surface area (Å²) in [6.07, 6.45) is 8.59. The van der Waals surface area contributed by atoms with Crippen LogP contribution in [0.15, 0.2) is 91.0 Å². The van der Waals surface area contributed by atoms with E-state index in [0.717, 1.165) is 6.42 Å². The Bertz CT molecular complexity index is 778. The van der Waals surface area contributed by atoms with Crippen LogP contribution in [0.1, 0.15) is 51.9 Å². The summed E-state index contributed by atoms with van der Waals surface area (Å²) in [5, 5.41) is 3.87. The van der Waals surface area contributed by atoms with Crippen molar-refractivity contribution < 1.29 is 4.79 Å². The number of rotatable bonds is 12. The van der Waals surface area contributed by atoms with Gasteiger partial charge in [-0.1, -0.05) is 93.6 Å². The second-order valence-electron chi connectivity index (χ2n) is 8.03. The number of carbonyl (C=O) groups is 1.